The Labute approximate surface area is 165 Å². The van der Waals surface area contributed by atoms with Crippen molar-refractivity contribution in [2.75, 3.05) is 0 Å². The quantitative estimate of drug-likeness (QED) is 0.565. The maximum Gasteiger partial charge on any atom is 0.414 e. The average Bonchev–Trinajstić information content (AvgIpc) is 2.43. The predicted molar refractivity (Wildman–Crippen MR) is 106 cm³/mol. The Morgan fingerprint density at radius 2 is 1.48 bits per heavy atom. The number of halogens is 1. The Bertz CT molecular complexity index is 687. The molecule has 0 unspecified atom stereocenters. The second kappa shape index (κ2) is 9.08. The van der Waals surface area contributed by atoms with Gasteiger partial charge < -0.3 is 9.47 Å². The van der Waals surface area contributed by atoms with Crippen LogP contribution in [-0.2, 0) is 16.0 Å². The minimum atomic E-state index is -0.736. The molecule has 0 aliphatic heterocycles. The molecule has 0 bridgehead atoms. The first-order chi connectivity index (χ1) is 12.2. The number of aryl methyl sites for hydroxylation is 1. The first-order valence-electron chi connectivity index (χ1n) is 8.55. The van der Waals surface area contributed by atoms with Crippen LogP contribution in [0.2, 0.25) is 5.02 Å². The second-order valence-corrected chi connectivity index (χ2v) is 8.43. The molecule has 1 aromatic rings. The van der Waals surface area contributed by atoms with Gasteiger partial charge in [0.1, 0.15) is 11.2 Å². The number of hydrogen-bond donors (Lipinski definition) is 2. The highest BCUT2D eigenvalue weighted by atomic mass is 35.5. The van der Waals surface area contributed by atoms with E-state index in [1.807, 2.05) is 13.0 Å². The fourth-order valence-corrected chi connectivity index (χ4v) is 2.08. The summed E-state index contributed by atoms with van der Waals surface area (Å²) in [6.45, 7) is 12.5. The largest absolute Gasteiger partial charge is 0.444 e. The van der Waals surface area contributed by atoms with E-state index in [2.05, 4.69) is 15.6 Å². The van der Waals surface area contributed by atoms with Crippen LogP contribution in [0.4, 0.5) is 9.59 Å². The standard InChI is InChI=1S/C19H28ClN3O4/c1-12-8-9-14(20)10-13(12)11-21-15(22-16(24)26-18(2,3)4)23-17(25)27-19(5,6)7/h8-10H,11H2,1-7H3,(H2,21,22,23,24,25). The molecule has 2 amide bonds. The molecule has 0 saturated carbocycles. The van der Waals surface area contributed by atoms with E-state index in [1.54, 1.807) is 53.7 Å². The Hall–Kier alpha value is -2.28. The number of hydrogen-bond acceptors (Lipinski definition) is 5. The highest BCUT2D eigenvalue weighted by Gasteiger charge is 2.21. The van der Waals surface area contributed by atoms with Gasteiger partial charge in [0.05, 0.1) is 6.54 Å². The van der Waals surface area contributed by atoms with Crippen molar-refractivity contribution in [1.29, 1.82) is 0 Å². The fourth-order valence-electron chi connectivity index (χ4n) is 1.89. The number of carbonyl (C=O) groups excluding carboxylic acids is 2. The lowest BCUT2D eigenvalue weighted by molar-refractivity contribution is 0.0545. The van der Waals surface area contributed by atoms with E-state index in [0.29, 0.717) is 5.02 Å². The van der Waals surface area contributed by atoms with E-state index in [4.69, 9.17) is 21.1 Å². The molecular formula is C19H28ClN3O4. The van der Waals surface area contributed by atoms with Gasteiger partial charge in [0.2, 0.25) is 5.96 Å². The Balaban J connectivity index is 2.96. The first kappa shape index (κ1) is 22.8. The van der Waals surface area contributed by atoms with E-state index in [0.717, 1.165) is 11.1 Å². The molecular weight excluding hydrogens is 370 g/mol. The molecule has 150 valence electrons. The van der Waals surface area contributed by atoms with Crippen molar-refractivity contribution in [1.82, 2.24) is 10.6 Å². The maximum absolute atomic E-state index is 12.0. The van der Waals surface area contributed by atoms with Gasteiger partial charge in [-0.1, -0.05) is 17.7 Å². The van der Waals surface area contributed by atoms with Crippen molar-refractivity contribution in [2.45, 2.75) is 66.2 Å². The highest BCUT2D eigenvalue weighted by molar-refractivity contribution is 6.30. The van der Waals surface area contributed by atoms with Crippen molar-refractivity contribution < 1.29 is 19.1 Å². The van der Waals surface area contributed by atoms with Crippen molar-refractivity contribution in [2.24, 2.45) is 4.99 Å². The number of ether oxygens (including phenoxy) is 2. The predicted octanol–water partition coefficient (Wildman–Crippen LogP) is 4.55. The van der Waals surface area contributed by atoms with Gasteiger partial charge in [0.25, 0.3) is 0 Å². The molecule has 0 spiro atoms. The lowest BCUT2D eigenvalue weighted by Gasteiger charge is -2.22. The number of alkyl carbamates (subject to hydrolysis) is 2. The third kappa shape index (κ3) is 9.84. The highest BCUT2D eigenvalue weighted by Crippen LogP contribution is 2.16. The van der Waals surface area contributed by atoms with Crippen LogP contribution < -0.4 is 10.6 Å². The lowest BCUT2D eigenvalue weighted by atomic mass is 10.1. The topological polar surface area (TPSA) is 89.0 Å². The number of nitrogens with one attached hydrogen (secondary N) is 2. The number of carbonyl (C=O) groups is 2. The zero-order valence-corrected chi connectivity index (χ0v) is 17.7. The van der Waals surface area contributed by atoms with Gasteiger partial charge in [-0.05, 0) is 71.7 Å². The van der Waals surface area contributed by atoms with E-state index < -0.39 is 23.4 Å². The number of amides is 2. The first-order valence-corrected chi connectivity index (χ1v) is 8.92. The van der Waals surface area contributed by atoms with Gasteiger partial charge in [0, 0.05) is 5.02 Å². The van der Waals surface area contributed by atoms with E-state index in [1.165, 1.54) is 0 Å². The summed E-state index contributed by atoms with van der Waals surface area (Å²) in [5.74, 6) is -0.0714. The van der Waals surface area contributed by atoms with Crippen molar-refractivity contribution in [3.8, 4) is 0 Å². The maximum atomic E-state index is 12.0. The molecule has 7 nitrogen and oxygen atoms in total. The van der Waals surface area contributed by atoms with Gasteiger partial charge in [-0.2, -0.15) is 0 Å². The van der Waals surface area contributed by atoms with Crippen LogP contribution in [0.15, 0.2) is 23.2 Å². The zero-order chi connectivity index (χ0) is 20.8. The average molecular weight is 398 g/mol. The fraction of sp³-hybridized carbons (Fsp3) is 0.526. The van der Waals surface area contributed by atoms with Gasteiger partial charge in [0.15, 0.2) is 0 Å². The molecule has 0 atom stereocenters. The summed E-state index contributed by atoms with van der Waals surface area (Å²) in [6.07, 6.45) is -1.47. The van der Waals surface area contributed by atoms with Gasteiger partial charge in [-0.3, -0.25) is 10.6 Å². The molecule has 27 heavy (non-hydrogen) atoms. The summed E-state index contributed by atoms with van der Waals surface area (Å²) in [4.78, 5) is 28.4. The van der Waals surface area contributed by atoms with E-state index in [-0.39, 0.29) is 12.5 Å². The molecule has 0 aromatic heterocycles. The molecule has 1 rings (SSSR count). The third-order valence-corrected chi connectivity index (χ3v) is 3.19. The number of nitrogens with zero attached hydrogens (tertiary/aromatic N) is 1. The number of aliphatic imine (C=N–C) groups is 1. The normalized spacial score (nSPS) is 11.4. The van der Waals surface area contributed by atoms with E-state index >= 15 is 0 Å². The van der Waals surface area contributed by atoms with Crippen molar-refractivity contribution in [3.63, 3.8) is 0 Å². The molecule has 0 radical (unpaired) electrons. The molecule has 0 saturated heterocycles. The zero-order valence-electron chi connectivity index (χ0n) is 16.9. The Morgan fingerprint density at radius 1 is 1.00 bits per heavy atom. The van der Waals surface area contributed by atoms with Crippen LogP contribution in [0.25, 0.3) is 0 Å². The van der Waals surface area contributed by atoms with Gasteiger partial charge in [-0.15, -0.1) is 0 Å². The summed E-state index contributed by atoms with van der Waals surface area (Å²) >= 11 is 6.02. The number of guanidine groups is 1. The molecule has 1 aromatic carbocycles. The Kier molecular flexibility index (Phi) is 7.65. The number of benzene rings is 1. The summed E-state index contributed by atoms with van der Waals surface area (Å²) in [6, 6.07) is 5.43. The van der Waals surface area contributed by atoms with Gasteiger partial charge in [-0.25, -0.2) is 14.6 Å². The van der Waals surface area contributed by atoms with Crippen LogP contribution in [0, 0.1) is 6.92 Å². The SMILES string of the molecule is Cc1ccc(Cl)cc1CN=C(NC(=O)OC(C)(C)C)NC(=O)OC(C)(C)C. The van der Waals surface area contributed by atoms with Crippen molar-refractivity contribution in [3.05, 3.63) is 34.3 Å². The van der Waals surface area contributed by atoms with Crippen LogP contribution in [0.3, 0.4) is 0 Å². The molecule has 8 heteroatoms. The molecule has 0 heterocycles. The van der Waals surface area contributed by atoms with Crippen LogP contribution >= 0.6 is 11.6 Å². The number of rotatable bonds is 2. The summed E-state index contributed by atoms with van der Waals surface area (Å²) in [7, 11) is 0. The second-order valence-electron chi connectivity index (χ2n) is 7.99. The van der Waals surface area contributed by atoms with Crippen LogP contribution in [0.5, 0.6) is 0 Å². The van der Waals surface area contributed by atoms with E-state index in [9.17, 15) is 9.59 Å². The van der Waals surface area contributed by atoms with Crippen LogP contribution in [0.1, 0.15) is 52.7 Å². The summed E-state index contributed by atoms with van der Waals surface area (Å²) in [5.41, 5.74) is 0.462. The van der Waals surface area contributed by atoms with Crippen molar-refractivity contribution >= 4 is 29.7 Å². The minimum Gasteiger partial charge on any atom is -0.444 e. The molecule has 0 fully saturated rings. The summed E-state index contributed by atoms with van der Waals surface area (Å²) in [5, 5.41) is 5.45. The molecule has 0 aliphatic rings. The Morgan fingerprint density at radius 3 is 1.93 bits per heavy atom. The smallest absolute Gasteiger partial charge is 0.414 e. The molecule has 2 N–H and O–H groups in total. The van der Waals surface area contributed by atoms with Crippen LogP contribution in [-0.4, -0.2) is 29.3 Å². The third-order valence-electron chi connectivity index (χ3n) is 2.96. The molecule has 0 aliphatic carbocycles. The van der Waals surface area contributed by atoms with Gasteiger partial charge >= 0.3 is 12.2 Å². The summed E-state index contributed by atoms with van der Waals surface area (Å²) < 4.78 is 10.4. The minimum absolute atomic E-state index is 0.0714. The monoisotopic (exact) mass is 397 g/mol. The lowest BCUT2D eigenvalue weighted by Crippen LogP contribution is -2.47.